The molecule has 1 aliphatic heterocycles. The molecule has 1 saturated heterocycles. The Labute approximate surface area is 211 Å². The highest BCUT2D eigenvalue weighted by Gasteiger charge is 2.46. The van der Waals surface area contributed by atoms with Gasteiger partial charge in [-0.25, -0.2) is 12.7 Å². The number of carbonyl (C=O) groups excluding carboxylic acids is 2. The van der Waals surface area contributed by atoms with Gasteiger partial charge in [-0.15, -0.1) is 0 Å². The average Bonchev–Trinajstić information content (AvgIpc) is 3.11. The second-order valence-electron chi connectivity index (χ2n) is 8.72. The highest BCUT2D eigenvalue weighted by Crippen LogP contribution is 2.41. The van der Waals surface area contributed by atoms with E-state index in [-0.39, 0.29) is 22.6 Å². The third-order valence-corrected chi connectivity index (χ3v) is 7.79. The number of likely N-dealkylation sites (N-methyl/N-ethyl adjacent to an activating group) is 1. The fourth-order valence-corrected chi connectivity index (χ4v) is 4.84. The predicted octanol–water partition coefficient (Wildman–Crippen LogP) is 1.94. The number of hydrogen-bond donors (Lipinski definition) is 1. The van der Waals surface area contributed by atoms with Crippen molar-refractivity contribution in [3.8, 4) is 11.5 Å². The number of rotatable bonds is 9. The topological polar surface area (TPSA) is 117 Å². The van der Waals surface area contributed by atoms with Crippen LogP contribution in [0.4, 0.5) is 0 Å². The summed E-state index contributed by atoms with van der Waals surface area (Å²) in [6, 6.07) is 9.67. The van der Waals surface area contributed by atoms with Gasteiger partial charge in [-0.1, -0.05) is 6.07 Å². The molecule has 0 aromatic heterocycles. The lowest BCUT2D eigenvalue weighted by Gasteiger charge is -2.27. The van der Waals surface area contributed by atoms with Gasteiger partial charge in [0.1, 0.15) is 5.76 Å². The number of nitrogens with zero attached hydrogens (tertiary/aromatic N) is 3. The van der Waals surface area contributed by atoms with Gasteiger partial charge in [0, 0.05) is 32.7 Å². The van der Waals surface area contributed by atoms with Crippen molar-refractivity contribution in [2.75, 3.05) is 55.5 Å². The summed E-state index contributed by atoms with van der Waals surface area (Å²) >= 11 is 0. The smallest absolute Gasteiger partial charge is 0.295 e. The molecule has 1 atom stereocenters. The normalized spacial score (nSPS) is 17.8. The van der Waals surface area contributed by atoms with E-state index < -0.39 is 33.5 Å². The molecule has 2 aromatic rings. The van der Waals surface area contributed by atoms with Crippen molar-refractivity contribution in [2.45, 2.75) is 10.9 Å². The quantitative estimate of drug-likeness (QED) is 0.305. The Hall–Kier alpha value is -3.41. The van der Waals surface area contributed by atoms with Gasteiger partial charge in [0.15, 0.2) is 11.5 Å². The molecule has 36 heavy (non-hydrogen) atoms. The lowest BCUT2D eigenvalue weighted by molar-refractivity contribution is -0.140. The molecule has 0 saturated carbocycles. The zero-order valence-electron chi connectivity index (χ0n) is 21.2. The number of methoxy groups -OCH3 is 2. The van der Waals surface area contributed by atoms with E-state index in [9.17, 15) is 23.1 Å². The number of ether oxygens (including phenoxy) is 2. The molecule has 0 unspecified atom stereocenters. The second-order valence-corrected chi connectivity index (χ2v) is 10.9. The number of ketones is 1. The molecular weight excluding hydrogens is 486 g/mol. The van der Waals surface area contributed by atoms with E-state index in [1.165, 1.54) is 57.5 Å². The number of sulfonamides is 1. The number of carbonyl (C=O) groups is 2. The maximum atomic E-state index is 13.2. The van der Waals surface area contributed by atoms with Crippen LogP contribution in [0.5, 0.6) is 11.5 Å². The molecule has 1 heterocycles. The van der Waals surface area contributed by atoms with Gasteiger partial charge in [0.25, 0.3) is 11.7 Å². The first-order valence-corrected chi connectivity index (χ1v) is 12.6. The SMILES string of the molecule is COc1ccc([C@H]2C(=C(O)c3ccc(S(=O)(=O)N(C)C)cc3)C(=O)C(=O)N2CCN(C)C)cc1OC. The van der Waals surface area contributed by atoms with Crippen molar-refractivity contribution >= 4 is 27.5 Å². The minimum atomic E-state index is -3.67. The Balaban J connectivity index is 2.17. The van der Waals surface area contributed by atoms with Crippen molar-refractivity contribution in [2.24, 2.45) is 0 Å². The van der Waals surface area contributed by atoms with E-state index in [2.05, 4.69) is 0 Å². The lowest BCUT2D eigenvalue weighted by atomic mass is 9.95. The van der Waals surface area contributed by atoms with Gasteiger partial charge in [0.05, 0.1) is 30.7 Å². The van der Waals surface area contributed by atoms with Crippen LogP contribution in [0.2, 0.25) is 0 Å². The molecule has 1 N–H and O–H groups in total. The van der Waals surface area contributed by atoms with Crippen LogP contribution in [-0.4, -0.2) is 94.8 Å². The van der Waals surface area contributed by atoms with Gasteiger partial charge >= 0.3 is 0 Å². The van der Waals surface area contributed by atoms with Crippen LogP contribution < -0.4 is 9.47 Å². The lowest BCUT2D eigenvalue weighted by Crippen LogP contribution is -2.35. The van der Waals surface area contributed by atoms with Gasteiger partial charge in [0.2, 0.25) is 10.0 Å². The van der Waals surface area contributed by atoms with Crippen LogP contribution in [0, 0.1) is 0 Å². The summed E-state index contributed by atoms with van der Waals surface area (Å²) in [6.45, 7) is 0.737. The van der Waals surface area contributed by atoms with E-state index in [0.29, 0.717) is 23.6 Å². The minimum Gasteiger partial charge on any atom is -0.507 e. The summed E-state index contributed by atoms with van der Waals surface area (Å²) < 4.78 is 36.6. The first-order valence-electron chi connectivity index (χ1n) is 11.1. The molecule has 2 aromatic carbocycles. The maximum absolute atomic E-state index is 13.2. The van der Waals surface area contributed by atoms with Crippen LogP contribution >= 0.6 is 0 Å². The highest BCUT2D eigenvalue weighted by molar-refractivity contribution is 7.89. The molecule has 0 bridgehead atoms. The molecule has 1 fully saturated rings. The molecule has 10 nitrogen and oxygen atoms in total. The van der Waals surface area contributed by atoms with Crippen molar-refractivity contribution in [1.29, 1.82) is 0 Å². The molecule has 0 aliphatic carbocycles. The summed E-state index contributed by atoms with van der Waals surface area (Å²) in [7, 11) is 5.85. The summed E-state index contributed by atoms with van der Waals surface area (Å²) in [4.78, 5) is 29.6. The average molecular weight is 518 g/mol. The molecule has 194 valence electrons. The van der Waals surface area contributed by atoms with Crippen LogP contribution in [0.25, 0.3) is 5.76 Å². The minimum absolute atomic E-state index is 0.0342. The van der Waals surface area contributed by atoms with Crippen LogP contribution in [0.1, 0.15) is 17.2 Å². The van der Waals surface area contributed by atoms with Crippen LogP contribution in [-0.2, 0) is 19.6 Å². The second kappa shape index (κ2) is 10.7. The van der Waals surface area contributed by atoms with Crippen molar-refractivity contribution in [3.63, 3.8) is 0 Å². The summed E-state index contributed by atoms with van der Waals surface area (Å²) in [6.07, 6.45) is 0. The fraction of sp³-hybridized carbons (Fsp3) is 0.360. The van der Waals surface area contributed by atoms with Crippen LogP contribution in [0.3, 0.4) is 0 Å². The Kier molecular flexibility index (Phi) is 8.07. The molecule has 1 amide bonds. The van der Waals surface area contributed by atoms with Crippen molar-refractivity contribution in [3.05, 3.63) is 59.2 Å². The van der Waals surface area contributed by atoms with Gasteiger partial charge in [-0.2, -0.15) is 0 Å². The Morgan fingerprint density at radius 1 is 0.972 bits per heavy atom. The van der Waals surface area contributed by atoms with Crippen molar-refractivity contribution < 1.29 is 32.6 Å². The number of likely N-dealkylation sites (tertiary alicyclic amines) is 1. The summed E-state index contributed by atoms with van der Waals surface area (Å²) in [5.41, 5.74) is 0.678. The molecule has 11 heteroatoms. The number of hydrogen-bond acceptors (Lipinski definition) is 8. The number of benzene rings is 2. The van der Waals surface area contributed by atoms with E-state index in [0.717, 1.165) is 4.31 Å². The molecule has 0 spiro atoms. The van der Waals surface area contributed by atoms with E-state index in [1.807, 2.05) is 19.0 Å². The van der Waals surface area contributed by atoms with Crippen LogP contribution in [0.15, 0.2) is 52.9 Å². The van der Waals surface area contributed by atoms with Gasteiger partial charge in [-0.05, 0) is 56.1 Å². The molecular formula is C25H31N3O7S. The molecule has 1 aliphatic rings. The van der Waals surface area contributed by atoms with E-state index in [1.54, 1.807) is 18.2 Å². The third kappa shape index (κ3) is 5.08. The Morgan fingerprint density at radius 2 is 1.58 bits per heavy atom. The first kappa shape index (κ1) is 27.2. The van der Waals surface area contributed by atoms with Gasteiger partial charge in [-0.3, -0.25) is 9.59 Å². The summed E-state index contributed by atoms with van der Waals surface area (Å²) in [5, 5.41) is 11.2. The van der Waals surface area contributed by atoms with Gasteiger partial charge < -0.3 is 24.4 Å². The van der Waals surface area contributed by atoms with Crippen molar-refractivity contribution in [1.82, 2.24) is 14.1 Å². The zero-order valence-corrected chi connectivity index (χ0v) is 22.0. The first-order chi connectivity index (χ1) is 16.9. The molecule has 3 rings (SSSR count). The number of aliphatic hydroxyl groups excluding tert-OH is 1. The fourth-order valence-electron chi connectivity index (χ4n) is 3.94. The standard InChI is InChI=1S/C25H31N3O7S/c1-26(2)13-14-28-22(17-9-12-19(34-5)20(15-17)35-6)21(24(30)25(28)31)23(29)16-7-10-18(11-8-16)36(32,33)27(3)4/h7-12,15,22,29H,13-14H2,1-6H3/t22-/m0/s1. The third-order valence-electron chi connectivity index (χ3n) is 5.96. The number of Topliss-reactive ketones (excluding diaryl/α,β-unsaturated/α-hetero) is 1. The van der Waals surface area contributed by atoms with E-state index >= 15 is 0 Å². The summed E-state index contributed by atoms with van der Waals surface area (Å²) in [5.74, 6) is -1.06. The monoisotopic (exact) mass is 517 g/mol. The van der Waals surface area contributed by atoms with E-state index in [4.69, 9.17) is 9.47 Å². The highest BCUT2D eigenvalue weighted by atomic mass is 32.2. The number of amides is 1. The predicted molar refractivity (Wildman–Crippen MR) is 134 cm³/mol. The maximum Gasteiger partial charge on any atom is 0.295 e. The Morgan fingerprint density at radius 3 is 2.11 bits per heavy atom. The largest absolute Gasteiger partial charge is 0.507 e. The zero-order chi connectivity index (χ0) is 26.8. The number of aliphatic hydroxyl groups is 1. The molecule has 0 radical (unpaired) electrons. The Bertz CT molecular complexity index is 1290.